The van der Waals surface area contributed by atoms with Crippen molar-refractivity contribution in [2.75, 3.05) is 13.1 Å². The first-order valence-electron chi connectivity index (χ1n) is 7.84. The van der Waals surface area contributed by atoms with Gasteiger partial charge in [0.25, 0.3) is 0 Å². The molecule has 21 heavy (non-hydrogen) atoms. The second kappa shape index (κ2) is 7.99. The first kappa shape index (κ1) is 18.2. The Morgan fingerprint density at radius 3 is 2.62 bits per heavy atom. The first-order chi connectivity index (χ1) is 9.54. The van der Waals surface area contributed by atoms with Crippen molar-refractivity contribution in [3.63, 3.8) is 0 Å². The van der Waals surface area contributed by atoms with Crippen LogP contribution in [0.1, 0.15) is 46.0 Å². The Labute approximate surface area is 133 Å². The maximum absolute atomic E-state index is 12.6. The number of hydrogen-bond acceptors (Lipinski definition) is 3. The lowest BCUT2D eigenvalue weighted by molar-refractivity contribution is -0.139. The molecule has 0 aromatic carbocycles. The van der Waals surface area contributed by atoms with Crippen LogP contribution in [-0.2, 0) is 9.59 Å². The van der Waals surface area contributed by atoms with Gasteiger partial charge in [-0.15, -0.1) is 12.4 Å². The van der Waals surface area contributed by atoms with Crippen molar-refractivity contribution >= 4 is 24.2 Å². The van der Waals surface area contributed by atoms with Crippen molar-refractivity contribution in [3.8, 4) is 0 Å². The summed E-state index contributed by atoms with van der Waals surface area (Å²) in [5.74, 6) is 0.636. The Hall–Kier alpha value is -0.810. The molecule has 6 heteroatoms. The maximum Gasteiger partial charge on any atom is 0.243 e. The standard InChI is InChI=1S/C15H27N3O2.ClH/c1-10(2)14(18-8-4-7-13(18)19)15(20)17-12-6-3-5-11(12)9-16;/h10-12,14H,3-9,16H2,1-2H3,(H,17,20);1H. The minimum absolute atomic E-state index is 0. The van der Waals surface area contributed by atoms with Gasteiger partial charge in [-0.25, -0.2) is 0 Å². The lowest BCUT2D eigenvalue weighted by Gasteiger charge is -2.32. The molecule has 0 spiro atoms. The largest absolute Gasteiger partial charge is 0.351 e. The van der Waals surface area contributed by atoms with Gasteiger partial charge in [0.05, 0.1) is 0 Å². The van der Waals surface area contributed by atoms with E-state index in [-0.39, 0.29) is 42.2 Å². The van der Waals surface area contributed by atoms with Gasteiger partial charge in [0.15, 0.2) is 0 Å². The van der Waals surface area contributed by atoms with Crippen molar-refractivity contribution in [1.82, 2.24) is 10.2 Å². The summed E-state index contributed by atoms with van der Waals surface area (Å²) in [6.45, 7) is 5.34. The average Bonchev–Trinajstić information content (AvgIpc) is 2.99. The van der Waals surface area contributed by atoms with Gasteiger partial charge in [0, 0.05) is 19.0 Å². The van der Waals surface area contributed by atoms with Gasteiger partial charge in [0.2, 0.25) is 11.8 Å². The second-order valence-electron chi connectivity index (χ2n) is 6.42. The van der Waals surface area contributed by atoms with Crippen LogP contribution in [0.15, 0.2) is 0 Å². The van der Waals surface area contributed by atoms with Crippen LogP contribution < -0.4 is 11.1 Å². The van der Waals surface area contributed by atoms with Crippen LogP contribution in [-0.4, -0.2) is 41.9 Å². The molecule has 2 amide bonds. The van der Waals surface area contributed by atoms with Crippen molar-refractivity contribution in [3.05, 3.63) is 0 Å². The molecule has 0 radical (unpaired) electrons. The number of nitrogens with zero attached hydrogens (tertiary/aromatic N) is 1. The van der Waals surface area contributed by atoms with Gasteiger partial charge in [-0.2, -0.15) is 0 Å². The van der Waals surface area contributed by atoms with Gasteiger partial charge in [-0.05, 0) is 37.6 Å². The molecular weight excluding hydrogens is 290 g/mol. The predicted octanol–water partition coefficient (Wildman–Crippen LogP) is 1.30. The highest BCUT2D eigenvalue weighted by Crippen LogP contribution is 2.26. The number of halogens is 1. The monoisotopic (exact) mass is 317 g/mol. The number of carbonyl (C=O) groups is 2. The molecule has 1 aliphatic heterocycles. The van der Waals surface area contributed by atoms with Gasteiger partial charge < -0.3 is 16.0 Å². The fourth-order valence-electron chi connectivity index (χ4n) is 3.54. The highest BCUT2D eigenvalue weighted by atomic mass is 35.5. The lowest BCUT2D eigenvalue weighted by Crippen LogP contribution is -2.53. The van der Waals surface area contributed by atoms with E-state index in [1.165, 1.54) is 0 Å². The smallest absolute Gasteiger partial charge is 0.243 e. The molecule has 122 valence electrons. The summed E-state index contributed by atoms with van der Waals surface area (Å²) in [5.41, 5.74) is 5.76. The molecule has 2 aliphatic rings. The molecule has 3 N–H and O–H groups in total. The molecule has 0 aromatic rings. The summed E-state index contributed by atoms with van der Waals surface area (Å²) >= 11 is 0. The van der Waals surface area contributed by atoms with E-state index in [0.29, 0.717) is 25.4 Å². The Morgan fingerprint density at radius 2 is 2.10 bits per heavy atom. The third-order valence-corrected chi connectivity index (χ3v) is 4.64. The van der Waals surface area contributed by atoms with Crippen molar-refractivity contribution in [1.29, 1.82) is 0 Å². The molecular formula is C15H28ClN3O2. The zero-order chi connectivity index (χ0) is 14.7. The summed E-state index contributed by atoms with van der Waals surface area (Å²) in [7, 11) is 0. The fraction of sp³-hybridized carbons (Fsp3) is 0.867. The maximum atomic E-state index is 12.6. The van der Waals surface area contributed by atoms with Crippen LogP contribution in [0, 0.1) is 11.8 Å². The van der Waals surface area contributed by atoms with Crippen molar-refractivity contribution < 1.29 is 9.59 Å². The molecule has 0 aromatic heterocycles. The van der Waals surface area contributed by atoms with Gasteiger partial charge >= 0.3 is 0 Å². The summed E-state index contributed by atoms with van der Waals surface area (Å²) in [4.78, 5) is 26.3. The van der Waals surface area contributed by atoms with Crippen LogP contribution in [0.5, 0.6) is 0 Å². The van der Waals surface area contributed by atoms with E-state index in [1.807, 2.05) is 13.8 Å². The molecule has 1 saturated carbocycles. The van der Waals surface area contributed by atoms with E-state index in [4.69, 9.17) is 5.73 Å². The number of nitrogens with two attached hydrogens (primary N) is 1. The Kier molecular flexibility index (Phi) is 6.94. The number of nitrogens with one attached hydrogen (secondary N) is 1. The lowest BCUT2D eigenvalue weighted by atomic mass is 9.99. The molecule has 5 nitrogen and oxygen atoms in total. The third kappa shape index (κ3) is 4.10. The molecule has 1 saturated heterocycles. The molecule has 3 atom stereocenters. The number of likely N-dealkylation sites (tertiary alicyclic amines) is 1. The summed E-state index contributed by atoms with van der Waals surface area (Å²) in [6, 6.07) is -0.143. The van der Waals surface area contributed by atoms with Crippen molar-refractivity contribution in [2.45, 2.75) is 58.0 Å². The minimum atomic E-state index is -0.330. The Bertz CT molecular complexity index is 376. The van der Waals surface area contributed by atoms with Crippen LogP contribution >= 0.6 is 12.4 Å². The third-order valence-electron chi connectivity index (χ3n) is 4.64. The highest BCUT2D eigenvalue weighted by molar-refractivity contribution is 5.89. The van der Waals surface area contributed by atoms with E-state index in [2.05, 4.69) is 5.32 Å². The fourth-order valence-corrected chi connectivity index (χ4v) is 3.54. The Morgan fingerprint density at radius 1 is 1.38 bits per heavy atom. The molecule has 3 unspecified atom stereocenters. The molecule has 0 bridgehead atoms. The molecule has 1 aliphatic carbocycles. The van der Waals surface area contributed by atoms with E-state index in [1.54, 1.807) is 4.90 Å². The first-order valence-corrected chi connectivity index (χ1v) is 7.84. The van der Waals surface area contributed by atoms with Gasteiger partial charge in [-0.3, -0.25) is 9.59 Å². The molecule has 1 heterocycles. The summed E-state index contributed by atoms with van der Waals surface area (Å²) in [6.07, 6.45) is 4.67. The second-order valence-corrected chi connectivity index (χ2v) is 6.42. The van der Waals surface area contributed by atoms with Gasteiger partial charge in [0.1, 0.15) is 6.04 Å². The average molecular weight is 318 g/mol. The van der Waals surface area contributed by atoms with E-state index >= 15 is 0 Å². The van der Waals surface area contributed by atoms with Gasteiger partial charge in [-0.1, -0.05) is 20.3 Å². The van der Waals surface area contributed by atoms with Crippen LogP contribution in [0.4, 0.5) is 0 Å². The Balaban J connectivity index is 0.00000220. The quantitative estimate of drug-likeness (QED) is 0.802. The SMILES string of the molecule is CC(C)C(C(=O)NC1CCCC1CN)N1CCCC1=O.Cl. The number of rotatable bonds is 5. The summed E-state index contributed by atoms with van der Waals surface area (Å²) in [5, 5.41) is 3.15. The van der Waals surface area contributed by atoms with E-state index < -0.39 is 0 Å². The zero-order valence-corrected chi connectivity index (χ0v) is 13.8. The van der Waals surface area contributed by atoms with E-state index in [0.717, 1.165) is 25.7 Å². The topological polar surface area (TPSA) is 75.4 Å². The normalized spacial score (nSPS) is 26.9. The van der Waals surface area contributed by atoms with Crippen LogP contribution in [0.3, 0.4) is 0 Å². The van der Waals surface area contributed by atoms with Crippen LogP contribution in [0.2, 0.25) is 0 Å². The van der Waals surface area contributed by atoms with Crippen LogP contribution in [0.25, 0.3) is 0 Å². The molecule has 2 fully saturated rings. The number of carbonyl (C=O) groups excluding carboxylic acids is 2. The number of hydrogen-bond donors (Lipinski definition) is 2. The predicted molar refractivity (Wildman–Crippen MR) is 85.1 cm³/mol. The highest BCUT2D eigenvalue weighted by Gasteiger charge is 2.37. The van der Waals surface area contributed by atoms with Crippen molar-refractivity contribution in [2.24, 2.45) is 17.6 Å². The minimum Gasteiger partial charge on any atom is -0.351 e. The summed E-state index contributed by atoms with van der Waals surface area (Å²) < 4.78 is 0. The molecule has 2 rings (SSSR count). The number of amides is 2. The zero-order valence-electron chi connectivity index (χ0n) is 13.0. The van der Waals surface area contributed by atoms with E-state index in [9.17, 15) is 9.59 Å².